The summed E-state index contributed by atoms with van der Waals surface area (Å²) in [5.74, 6) is 1.55. The quantitative estimate of drug-likeness (QED) is 0.872. The van der Waals surface area contributed by atoms with Crippen molar-refractivity contribution >= 4 is 33.6 Å². The lowest BCUT2D eigenvalue weighted by atomic mass is 10.00. The zero-order valence-electron chi connectivity index (χ0n) is 9.59. The highest BCUT2D eigenvalue weighted by molar-refractivity contribution is 14.1. The van der Waals surface area contributed by atoms with Gasteiger partial charge in [0.2, 0.25) is 0 Å². The van der Waals surface area contributed by atoms with Crippen molar-refractivity contribution in [3.8, 4) is 0 Å². The Morgan fingerprint density at radius 2 is 2.12 bits per heavy atom. The van der Waals surface area contributed by atoms with Crippen molar-refractivity contribution < 1.29 is 4.42 Å². The second-order valence-electron chi connectivity index (χ2n) is 4.42. The van der Waals surface area contributed by atoms with E-state index in [1.807, 2.05) is 0 Å². The Kier molecular flexibility index (Phi) is 3.54. The van der Waals surface area contributed by atoms with Crippen LogP contribution in [0.1, 0.15) is 25.2 Å². The summed E-state index contributed by atoms with van der Waals surface area (Å²) in [6, 6.07) is 6.26. The van der Waals surface area contributed by atoms with Gasteiger partial charge in [-0.2, -0.15) is 0 Å². The average Bonchev–Trinajstić information content (AvgIpc) is 2.58. The molecule has 0 unspecified atom stereocenters. The van der Waals surface area contributed by atoms with E-state index in [1.54, 1.807) is 0 Å². The van der Waals surface area contributed by atoms with E-state index < -0.39 is 0 Å². The Labute approximate surface area is 109 Å². The van der Waals surface area contributed by atoms with Crippen molar-refractivity contribution in [1.29, 1.82) is 0 Å². The molecule has 0 saturated carbocycles. The molecular weight excluding hydrogens is 313 g/mol. The fourth-order valence-electron chi connectivity index (χ4n) is 1.98. The minimum Gasteiger partial charge on any atom is -0.458 e. The molecule has 2 rings (SSSR count). The number of hydrogen-bond donors (Lipinski definition) is 1. The third-order valence-electron chi connectivity index (χ3n) is 2.65. The predicted molar refractivity (Wildman–Crippen MR) is 75.4 cm³/mol. The van der Waals surface area contributed by atoms with Gasteiger partial charge in [-0.1, -0.05) is 26.0 Å². The van der Waals surface area contributed by atoms with Crippen LogP contribution in [-0.2, 0) is 13.0 Å². The van der Waals surface area contributed by atoms with Crippen molar-refractivity contribution in [3.05, 3.63) is 33.1 Å². The van der Waals surface area contributed by atoms with Crippen LogP contribution in [0.5, 0.6) is 0 Å². The molecule has 3 heteroatoms. The standard InChI is InChI=1S/C13H16INO/c1-8(2)6-10-9-4-3-5-11(14)13(9)16-12(10)7-15/h3-5,8H,6-7,15H2,1-2H3. The highest BCUT2D eigenvalue weighted by atomic mass is 127. The maximum Gasteiger partial charge on any atom is 0.147 e. The number of fused-ring (bicyclic) bond motifs is 1. The van der Waals surface area contributed by atoms with Gasteiger partial charge in [-0.05, 0) is 41.0 Å². The van der Waals surface area contributed by atoms with Gasteiger partial charge in [-0.25, -0.2) is 0 Å². The molecule has 0 fully saturated rings. The number of rotatable bonds is 3. The van der Waals surface area contributed by atoms with Crippen LogP contribution in [0.4, 0.5) is 0 Å². The van der Waals surface area contributed by atoms with Gasteiger partial charge in [0.25, 0.3) is 0 Å². The van der Waals surface area contributed by atoms with E-state index >= 15 is 0 Å². The molecule has 0 atom stereocenters. The topological polar surface area (TPSA) is 39.2 Å². The summed E-state index contributed by atoms with van der Waals surface area (Å²) in [7, 11) is 0. The van der Waals surface area contributed by atoms with Crippen LogP contribution in [-0.4, -0.2) is 0 Å². The van der Waals surface area contributed by atoms with Crippen LogP contribution in [0.3, 0.4) is 0 Å². The van der Waals surface area contributed by atoms with Crippen LogP contribution in [0, 0.1) is 9.49 Å². The molecule has 0 amide bonds. The summed E-state index contributed by atoms with van der Waals surface area (Å²) in [5, 5.41) is 1.22. The molecule has 0 spiro atoms. The lowest BCUT2D eigenvalue weighted by Crippen LogP contribution is -2.01. The van der Waals surface area contributed by atoms with Crippen molar-refractivity contribution in [1.82, 2.24) is 0 Å². The summed E-state index contributed by atoms with van der Waals surface area (Å²) < 4.78 is 7.00. The molecule has 0 aliphatic carbocycles. The third-order valence-corrected chi connectivity index (χ3v) is 3.50. The molecule has 1 heterocycles. The number of halogens is 1. The van der Waals surface area contributed by atoms with Gasteiger partial charge in [0.1, 0.15) is 11.3 Å². The molecule has 0 saturated heterocycles. The van der Waals surface area contributed by atoms with E-state index in [-0.39, 0.29) is 0 Å². The van der Waals surface area contributed by atoms with Crippen molar-refractivity contribution in [2.75, 3.05) is 0 Å². The number of nitrogens with two attached hydrogens (primary N) is 1. The van der Waals surface area contributed by atoms with Crippen molar-refractivity contribution in [3.63, 3.8) is 0 Å². The van der Waals surface area contributed by atoms with Gasteiger partial charge in [-0.3, -0.25) is 0 Å². The fraction of sp³-hybridized carbons (Fsp3) is 0.385. The fourth-order valence-corrected chi connectivity index (χ4v) is 2.59. The molecule has 0 aliphatic rings. The average molecular weight is 329 g/mol. The lowest BCUT2D eigenvalue weighted by molar-refractivity contribution is 0.534. The Balaban J connectivity index is 2.64. The van der Waals surface area contributed by atoms with E-state index in [1.165, 1.54) is 10.9 Å². The Morgan fingerprint density at radius 3 is 2.75 bits per heavy atom. The first-order chi connectivity index (χ1) is 7.63. The minimum absolute atomic E-state index is 0.479. The lowest BCUT2D eigenvalue weighted by Gasteiger charge is -2.04. The first-order valence-electron chi connectivity index (χ1n) is 5.52. The number of furan rings is 1. The van der Waals surface area contributed by atoms with Crippen molar-refractivity contribution in [2.45, 2.75) is 26.8 Å². The Hall–Kier alpha value is -0.550. The van der Waals surface area contributed by atoms with Crippen LogP contribution in [0.25, 0.3) is 11.0 Å². The number of benzene rings is 1. The molecule has 2 aromatic rings. The first kappa shape index (κ1) is 11.9. The van der Waals surface area contributed by atoms with E-state index in [0.717, 1.165) is 21.3 Å². The van der Waals surface area contributed by atoms with Crippen LogP contribution < -0.4 is 5.73 Å². The van der Waals surface area contributed by atoms with E-state index in [4.69, 9.17) is 10.2 Å². The number of hydrogen-bond acceptors (Lipinski definition) is 2. The van der Waals surface area contributed by atoms with Gasteiger partial charge in [0.15, 0.2) is 0 Å². The van der Waals surface area contributed by atoms with E-state index in [2.05, 4.69) is 54.6 Å². The van der Waals surface area contributed by atoms with Gasteiger partial charge in [0.05, 0.1) is 10.1 Å². The SMILES string of the molecule is CC(C)Cc1c(CN)oc2c(I)cccc12. The molecule has 16 heavy (non-hydrogen) atoms. The van der Waals surface area contributed by atoms with Gasteiger partial charge in [0, 0.05) is 10.9 Å². The largest absolute Gasteiger partial charge is 0.458 e. The smallest absolute Gasteiger partial charge is 0.147 e. The summed E-state index contributed by atoms with van der Waals surface area (Å²) in [4.78, 5) is 0. The number of para-hydroxylation sites is 1. The second kappa shape index (κ2) is 4.75. The minimum atomic E-state index is 0.479. The first-order valence-corrected chi connectivity index (χ1v) is 6.60. The summed E-state index contributed by atoms with van der Waals surface area (Å²) >= 11 is 2.30. The molecule has 1 aromatic carbocycles. The second-order valence-corrected chi connectivity index (χ2v) is 5.58. The van der Waals surface area contributed by atoms with Crippen molar-refractivity contribution in [2.24, 2.45) is 11.7 Å². The van der Waals surface area contributed by atoms with E-state index in [9.17, 15) is 0 Å². The highest BCUT2D eigenvalue weighted by Crippen LogP contribution is 2.30. The monoisotopic (exact) mass is 329 g/mol. The molecule has 0 radical (unpaired) electrons. The highest BCUT2D eigenvalue weighted by Gasteiger charge is 2.15. The molecule has 1 aromatic heterocycles. The third kappa shape index (κ3) is 2.11. The van der Waals surface area contributed by atoms with Crippen LogP contribution in [0.2, 0.25) is 0 Å². The van der Waals surface area contributed by atoms with E-state index in [0.29, 0.717) is 12.5 Å². The summed E-state index contributed by atoms with van der Waals surface area (Å²) in [6.07, 6.45) is 1.03. The van der Waals surface area contributed by atoms with Crippen LogP contribution >= 0.6 is 22.6 Å². The molecule has 0 bridgehead atoms. The van der Waals surface area contributed by atoms with Crippen LogP contribution in [0.15, 0.2) is 22.6 Å². The molecule has 2 nitrogen and oxygen atoms in total. The molecule has 0 aliphatic heterocycles. The maximum atomic E-state index is 5.85. The molecule has 86 valence electrons. The molecule has 2 N–H and O–H groups in total. The maximum absolute atomic E-state index is 5.85. The Bertz CT molecular complexity index is 502. The summed E-state index contributed by atoms with van der Waals surface area (Å²) in [6.45, 7) is 4.91. The predicted octanol–water partition coefficient (Wildman–Crippen LogP) is 3.69. The van der Waals surface area contributed by atoms with Gasteiger partial charge < -0.3 is 10.2 Å². The normalized spacial score (nSPS) is 11.6. The molecular formula is C13H16INO. The Morgan fingerprint density at radius 1 is 1.38 bits per heavy atom. The zero-order chi connectivity index (χ0) is 11.7. The van der Waals surface area contributed by atoms with Gasteiger partial charge >= 0.3 is 0 Å². The summed E-state index contributed by atoms with van der Waals surface area (Å²) in [5.41, 5.74) is 8.01. The zero-order valence-corrected chi connectivity index (χ0v) is 11.7. The van der Waals surface area contributed by atoms with Gasteiger partial charge in [-0.15, -0.1) is 0 Å².